The van der Waals surface area contributed by atoms with Crippen LogP contribution in [0.4, 0.5) is 11.5 Å². The monoisotopic (exact) mass is 408 g/mol. The molecule has 3 rings (SSSR count). The maximum Gasteiger partial charge on any atom is 0.241 e. The van der Waals surface area contributed by atoms with E-state index in [2.05, 4.69) is 26.7 Å². The second kappa shape index (κ2) is 9.33. The summed E-state index contributed by atoms with van der Waals surface area (Å²) < 4.78 is 0. The van der Waals surface area contributed by atoms with Crippen LogP contribution in [-0.2, 0) is 9.59 Å². The lowest BCUT2D eigenvalue weighted by Gasteiger charge is -2.23. The van der Waals surface area contributed by atoms with E-state index in [1.54, 1.807) is 38.4 Å². The fraction of sp³-hybridized carbons (Fsp3) is 0.381. The van der Waals surface area contributed by atoms with Gasteiger partial charge in [0, 0.05) is 18.5 Å². The molecule has 0 bridgehead atoms. The van der Waals surface area contributed by atoms with Gasteiger partial charge in [0.25, 0.3) is 0 Å². The largest absolute Gasteiger partial charge is 0.394 e. The average molecular weight is 408 g/mol. The number of likely N-dealkylation sites (N-methyl/N-ethyl adjacent to an activating group) is 1. The molecule has 1 fully saturated rings. The van der Waals surface area contributed by atoms with Crippen molar-refractivity contribution in [2.75, 3.05) is 30.8 Å². The molecule has 1 saturated carbocycles. The first-order valence-electron chi connectivity index (χ1n) is 9.70. The lowest BCUT2D eigenvalue weighted by molar-refractivity contribution is -0.130. The van der Waals surface area contributed by atoms with Crippen LogP contribution in [0.3, 0.4) is 0 Å². The summed E-state index contributed by atoms with van der Waals surface area (Å²) in [5.41, 5.74) is 2.19. The summed E-state index contributed by atoms with van der Waals surface area (Å²) in [6, 6.07) is 6.92. The Hall–Kier alpha value is -3.51. The van der Waals surface area contributed by atoms with Gasteiger partial charge in [0.2, 0.25) is 11.8 Å². The summed E-state index contributed by atoms with van der Waals surface area (Å²) in [6.07, 6.45) is 4.87. The molecule has 1 unspecified atom stereocenters. The maximum absolute atomic E-state index is 12.3. The van der Waals surface area contributed by atoms with Gasteiger partial charge in [-0.2, -0.15) is 5.26 Å². The molecule has 0 aliphatic heterocycles. The number of benzene rings is 1. The molecule has 0 radical (unpaired) electrons. The van der Waals surface area contributed by atoms with Gasteiger partial charge in [0.15, 0.2) is 5.82 Å². The topological polar surface area (TPSA) is 131 Å². The van der Waals surface area contributed by atoms with E-state index in [1.165, 1.54) is 11.1 Å². The van der Waals surface area contributed by atoms with E-state index in [0.29, 0.717) is 28.3 Å². The molecule has 9 nitrogen and oxygen atoms in total. The van der Waals surface area contributed by atoms with E-state index in [1.807, 2.05) is 0 Å². The SMILES string of the molecule is CC(CO)N(C)C(=O)CNc1cc(-c2cnc(NC(=O)C3CC3)cn2)ccc1C#N. The third-order valence-corrected chi connectivity index (χ3v) is 5.04. The molecule has 1 aliphatic carbocycles. The Morgan fingerprint density at radius 1 is 1.33 bits per heavy atom. The zero-order chi connectivity index (χ0) is 21.7. The summed E-state index contributed by atoms with van der Waals surface area (Å²) in [7, 11) is 1.62. The van der Waals surface area contributed by atoms with E-state index in [-0.39, 0.29) is 36.9 Å². The number of aromatic nitrogens is 2. The molecule has 0 saturated heterocycles. The van der Waals surface area contributed by atoms with Gasteiger partial charge in [-0.15, -0.1) is 0 Å². The Labute approximate surface area is 174 Å². The quantitative estimate of drug-likeness (QED) is 0.605. The van der Waals surface area contributed by atoms with Crippen LogP contribution < -0.4 is 10.6 Å². The first-order valence-corrected chi connectivity index (χ1v) is 9.70. The number of aliphatic hydroxyl groups excluding tert-OH is 1. The Kier molecular flexibility index (Phi) is 6.59. The molecule has 1 aromatic carbocycles. The number of nitrogens with one attached hydrogen (secondary N) is 2. The van der Waals surface area contributed by atoms with Crippen LogP contribution in [0.5, 0.6) is 0 Å². The Balaban J connectivity index is 1.71. The number of amides is 2. The molecule has 0 spiro atoms. The first-order chi connectivity index (χ1) is 14.4. The van der Waals surface area contributed by atoms with Crippen LogP contribution >= 0.6 is 0 Å². The number of carbonyl (C=O) groups is 2. The number of nitriles is 1. The fourth-order valence-electron chi connectivity index (χ4n) is 2.73. The van der Waals surface area contributed by atoms with Gasteiger partial charge in [0.05, 0.1) is 48.5 Å². The van der Waals surface area contributed by atoms with Crippen LogP contribution in [0, 0.1) is 17.2 Å². The number of hydrogen-bond acceptors (Lipinski definition) is 7. The third kappa shape index (κ3) is 5.10. The van der Waals surface area contributed by atoms with Gasteiger partial charge in [-0.1, -0.05) is 6.07 Å². The first kappa shape index (κ1) is 21.2. The van der Waals surface area contributed by atoms with E-state index in [4.69, 9.17) is 0 Å². The van der Waals surface area contributed by atoms with Crippen LogP contribution in [-0.4, -0.2) is 58.0 Å². The van der Waals surface area contributed by atoms with E-state index in [9.17, 15) is 20.0 Å². The highest BCUT2D eigenvalue weighted by Crippen LogP contribution is 2.30. The minimum atomic E-state index is -0.296. The van der Waals surface area contributed by atoms with Gasteiger partial charge in [-0.05, 0) is 31.9 Å². The molecule has 1 aromatic heterocycles. The Bertz CT molecular complexity index is 966. The number of aliphatic hydroxyl groups is 1. The fourth-order valence-corrected chi connectivity index (χ4v) is 2.73. The molecular weight excluding hydrogens is 384 g/mol. The molecule has 2 aromatic rings. The number of carbonyl (C=O) groups excluding carboxylic acids is 2. The van der Waals surface area contributed by atoms with Gasteiger partial charge < -0.3 is 20.6 Å². The van der Waals surface area contributed by atoms with Crippen molar-refractivity contribution in [3.05, 3.63) is 36.2 Å². The molecule has 1 atom stereocenters. The van der Waals surface area contributed by atoms with E-state index >= 15 is 0 Å². The second-order valence-corrected chi connectivity index (χ2v) is 7.31. The van der Waals surface area contributed by atoms with Gasteiger partial charge in [-0.3, -0.25) is 14.6 Å². The lowest BCUT2D eigenvalue weighted by Crippen LogP contribution is -2.40. The predicted molar refractivity (Wildman–Crippen MR) is 111 cm³/mol. The Morgan fingerprint density at radius 3 is 2.70 bits per heavy atom. The zero-order valence-corrected chi connectivity index (χ0v) is 16.9. The molecule has 3 N–H and O–H groups in total. The normalized spacial score (nSPS) is 13.8. The summed E-state index contributed by atoms with van der Waals surface area (Å²) in [6.45, 7) is 1.60. The number of hydrogen-bond donors (Lipinski definition) is 3. The van der Waals surface area contributed by atoms with E-state index < -0.39 is 0 Å². The predicted octanol–water partition coefficient (Wildman–Crippen LogP) is 1.61. The van der Waals surface area contributed by atoms with Gasteiger partial charge >= 0.3 is 0 Å². The number of rotatable bonds is 8. The summed E-state index contributed by atoms with van der Waals surface area (Å²) in [4.78, 5) is 34.1. The van der Waals surface area contributed by atoms with Crippen molar-refractivity contribution in [3.63, 3.8) is 0 Å². The summed E-state index contributed by atoms with van der Waals surface area (Å²) in [5.74, 6) is 0.239. The van der Waals surface area contributed by atoms with Crippen molar-refractivity contribution < 1.29 is 14.7 Å². The van der Waals surface area contributed by atoms with Gasteiger partial charge in [0.1, 0.15) is 6.07 Å². The van der Waals surface area contributed by atoms with Crippen molar-refractivity contribution in [2.45, 2.75) is 25.8 Å². The van der Waals surface area contributed by atoms with E-state index in [0.717, 1.165) is 12.8 Å². The highest BCUT2D eigenvalue weighted by Gasteiger charge is 2.29. The van der Waals surface area contributed by atoms with Crippen molar-refractivity contribution in [3.8, 4) is 17.3 Å². The van der Waals surface area contributed by atoms with Crippen LogP contribution in [0.2, 0.25) is 0 Å². The maximum atomic E-state index is 12.3. The number of anilines is 2. The minimum Gasteiger partial charge on any atom is -0.394 e. The van der Waals surface area contributed by atoms with Crippen molar-refractivity contribution >= 4 is 23.3 Å². The standard InChI is InChI=1S/C21H24N6O3/c1-13(12-28)27(2)20(29)11-24-17-7-15(5-6-16(17)8-22)18-9-25-19(10-23-18)26-21(30)14-3-4-14/h5-7,9-10,13-14,24,28H,3-4,11-12H2,1-2H3,(H,25,26,30). The average Bonchev–Trinajstić information content (AvgIpc) is 3.62. The molecular formula is C21H24N6O3. The van der Waals surface area contributed by atoms with Crippen LogP contribution in [0.25, 0.3) is 11.3 Å². The second-order valence-electron chi connectivity index (χ2n) is 7.31. The minimum absolute atomic E-state index is 0.0171. The van der Waals surface area contributed by atoms with Crippen molar-refractivity contribution in [1.29, 1.82) is 5.26 Å². The van der Waals surface area contributed by atoms with Crippen molar-refractivity contribution in [2.24, 2.45) is 5.92 Å². The third-order valence-electron chi connectivity index (χ3n) is 5.04. The van der Waals surface area contributed by atoms with Crippen molar-refractivity contribution in [1.82, 2.24) is 14.9 Å². The number of nitrogens with zero attached hydrogens (tertiary/aromatic N) is 4. The molecule has 2 amide bonds. The highest BCUT2D eigenvalue weighted by molar-refractivity contribution is 5.93. The zero-order valence-electron chi connectivity index (χ0n) is 16.9. The molecule has 156 valence electrons. The lowest BCUT2D eigenvalue weighted by atomic mass is 10.1. The molecule has 9 heteroatoms. The van der Waals surface area contributed by atoms with Crippen LogP contribution in [0.15, 0.2) is 30.6 Å². The van der Waals surface area contributed by atoms with Gasteiger partial charge in [-0.25, -0.2) is 4.98 Å². The highest BCUT2D eigenvalue weighted by atomic mass is 16.3. The smallest absolute Gasteiger partial charge is 0.241 e. The van der Waals surface area contributed by atoms with Crippen LogP contribution in [0.1, 0.15) is 25.3 Å². The Morgan fingerprint density at radius 2 is 2.10 bits per heavy atom. The summed E-state index contributed by atoms with van der Waals surface area (Å²) in [5, 5.41) is 24.3. The molecule has 1 aliphatic rings. The summed E-state index contributed by atoms with van der Waals surface area (Å²) >= 11 is 0. The molecule has 30 heavy (non-hydrogen) atoms. The molecule has 1 heterocycles.